The molecule has 10 heteroatoms. The highest BCUT2D eigenvalue weighted by Gasteiger charge is 2.29. The zero-order valence-electron chi connectivity index (χ0n) is 14.5. The molecule has 0 amide bonds. The Morgan fingerprint density at radius 2 is 2.15 bits per heavy atom. The van der Waals surface area contributed by atoms with Crippen molar-refractivity contribution in [1.82, 2.24) is 4.90 Å². The van der Waals surface area contributed by atoms with Crippen LogP contribution in [0, 0.1) is 21.4 Å². The van der Waals surface area contributed by atoms with E-state index in [0.29, 0.717) is 11.1 Å². The van der Waals surface area contributed by atoms with Crippen LogP contribution in [0.2, 0.25) is 0 Å². The van der Waals surface area contributed by atoms with Crippen molar-refractivity contribution >= 4 is 11.8 Å². The van der Waals surface area contributed by atoms with Gasteiger partial charge in [-0.05, 0) is 24.6 Å². The van der Waals surface area contributed by atoms with Gasteiger partial charge in [0.1, 0.15) is 6.54 Å². The Labute approximate surface area is 150 Å². The van der Waals surface area contributed by atoms with E-state index in [4.69, 9.17) is 21.5 Å². The number of amidine groups is 1. The van der Waals surface area contributed by atoms with Crippen LogP contribution in [0.25, 0.3) is 0 Å². The number of carbonyl (C=O) groups is 1. The number of ether oxygens (including phenoxy) is 1. The predicted octanol–water partition coefficient (Wildman–Crippen LogP) is 0.315. The van der Waals surface area contributed by atoms with Gasteiger partial charge in [0, 0.05) is 13.6 Å². The van der Waals surface area contributed by atoms with Crippen LogP contribution in [0.15, 0.2) is 40.8 Å². The van der Waals surface area contributed by atoms with Crippen molar-refractivity contribution in [2.24, 2.45) is 16.5 Å². The van der Waals surface area contributed by atoms with Gasteiger partial charge in [0.15, 0.2) is 5.82 Å². The lowest BCUT2D eigenvalue weighted by molar-refractivity contribution is -0.417. The molecule has 10 nitrogen and oxygen atoms in total. The van der Waals surface area contributed by atoms with Gasteiger partial charge >= 0.3 is 11.7 Å². The number of rotatable bonds is 7. The van der Waals surface area contributed by atoms with Gasteiger partial charge in [0.05, 0.1) is 23.2 Å². The first-order chi connectivity index (χ1) is 12.3. The second-order valence-corrected chi connectivity index (χ2v) is 5.08. The van der Waals surface area contributed by atoms with Gasteiger partial charge in [-0.2, -0.15) is 5.26 Å². The van der Waals surface area contributed by atoms with E-state index in [1.165, 1.54) is 11.9 Å². The van der Waals surface area contributed by atoms with E-state index < -0.39 is 22.4 Å². The first kappa shape index (κ1) is 20.4. The lowest BCUT2D eigenvalue weighted by Crippen LogP contribution is -2.40. The highest BCUT2D eigenvalue weighted by atomic mass is 16.6. The summed E-state index contributed by atoms with van der Waals surface area (Å²) in [5.74, 6) is -1.29. The number of hydrogen-bond acceptors (Lipinski definition) is 8. The lowest BCUT2D eigenvalue weighted by Gasteiger charge is -2.24. The molecule has 1 aromatic carbocycles. The van der Waals surface area contributed by atoms with Gasteiger partial charge in [-0.15, -0.1) is 0 Å². The van der Waals surface area contributed by atoms with Gasteiger partial charge in [0.25, 0.3) is 0 Å². The maximum atomic E-state index is 11.9. The Hall–Kier alpha value is -3.61. The molecule has 0 unspecified atom stereocenters. The smallest absolute Gasteiger partial charge is 0.350 e. The largest absolute Gasteiger partial charge is 0.465 e. The van der Waals surface area contributed by atoms with Crippen LogP contribution >= 0.6 is 0 Å². The van der Waals surface area contributed by atoms with Crippen LogP contribution in [-0.2, 0) is 16.1 Å². The minimum absolute atomic E-state index is 0.0611. The predicted molar refractivity (Wildman–Crippen MR) is 94.0 cm³/mol. The molecule has 0 atom stereocenters. The molecule has 0 bridgehead atoms. The van der Waals surface area contributed by atoms with E-state index in [0.717, 1.165) is 0 Å². The van der Waals surface area contributed by atoms with Crippen molar-refractivity contribution in [2.75, 3.05) is 20.2 Å². The number of benzene rings is 1. The molecule has 0 radical (unpaired) electrons. The Kier molecular flexibility index (Phi) is 7.57. The van der Waals surface area contributed by atoms with Crippen LogP contribution in [0.4, 0.5) is 0 Å². The van der Waals surface area contributed by atoms with E-state index in [1.807, 2.05) is 6.07 Å². The zero-order valence-corrected chi connectivity index (χ0v) is 14.5. The molecule has 1 rings (SSSR count). The lowest BCUT2D eigenvalue weighted by atomic mass is 10.1. The molecule has 138 valence electrons. The van der Waals surface area contributed by atoms with Crippen LogP contribution in [0.5, 0.6) is 0 Å². The summed E-state index contributed by atoms with van der Waals surface area (Å²) < 4.78 is 4.91. The summed E-state index contributed by atoms with van der Waals surface area (Å²) in [6, 6.07) is 8.61. The van der Waals surface area contributed by atoms with Crippen LogP contribution in [0.3, 0.4) is 0 Å². The summed E-state index contributed by atoms with van der Waals surface area (Å²) in [5, 5.41) is 20.3. The Balaban J connectivity index is 3.30. The maximum Gasteiger partial charge on any atom is 0.350 e. The van der Waals surface area contributed by atoms with Crippen molar-refractivity contribution in [3.8, 4) is 6.07 Å². The van der Waals surface area contributed by atoms with Gasteiger partial charge in [-0.25, -0.2) is 0 Å². The molecule has 0 aliphatic carbocycles. The molecule has 0 aliphatic heterocycles. The van der Waals surface area contributed by atoms with Crippen LogP contribution in [0.1, 0.15) is 18.1 Å². The minimum Gasteiger partial charge on any atom is -0.465 e. The van der Waals surface area contributed by atoms with Gasteiger partial charge in [0.2, 0.25) is 5.84 Å². The topological polar surface area (TPSA) is 161 Å². The fourth-order valence-electron chi connectivity index (χ4n) is 2.24. The second kappa shape index (κ2) is 9.63. The molecular weight excluding hydrogens is 340 g/mol. The first-order valence-corrected chi connectivity index (χ1v) is 7.60. The summed E-state index contributed by atoms with van der Waals surface area (Å²) in [6.45, 7) is 1.56. The molecular formula is C16H20N6O4. The number of nitro groups is 1. The molecule has 0 aromatic heterocycles. The molecule has 0 saturated carbocycles. The molecule has 0 fully saturated rings. The number of esters is 1. The zero-order chi connectivity index (χ0) is 19.7. The first-order valence-electron chi connectivity index (χ1n) is 7.60. The third-order valence-electron chi connectivity index (χ3n) is 3.23. The number of nitrogens with zero attached hydrogens (tertiary/aromatic N) is 4. The number of aliphatic imine (C=N–C) groups is 1. The number of nitriles is 1. The summed E-state index contributed by atoms with van der Waals surface area (Å²) in [6.07, 6.45) is 0. The fourth-order valence-corrected chi connectivity index (χ4v) is 2.24. The number of hydrogen-bond donors (Lipinski definition) is 2. The standard InChI is InChI=1S/C16H20N6O4/c1-3-26-13(23)10-21(9-12-6-4-5-11(7-12)8-17)16(20-2)14(15(18)19)22(24)25/h4-7H,3,9-10,18-19H2,1-2H3/b20-16+. The molecule has 26 heavy (non-hydrogen) atoms. The van der Waals surface area contributed by atoms with Gasteiger partial charge in [-0.1, -0.05) is 12.1 Å². The van der Waals surface area contributed by atoms with Gasteiger partial charge < -0.3 is 21.1 Å². The average Bonchev–Trinajstić information content (AvgIpc) is 2.58. The van der Waals surface area contributed by atoms with Crippen molar-refractivity contribution in [3.05, 3.63) is 57.0 Å². The van der Waals surface area contributed by atoms with E-state index in [9.17, 15) is 14.9 Å². The molecule has 0 heterocycles. The summed E-state index contributed by atoms with van der Waals surface area (Å²) in [5.41, 5.74) is 11.3. The van der Waals surface area contributed by atoms with E-state index in [-0.39, 0.29) is 25.5 Å². The third kappa shape index (κ3) is 5.48. The Morgan fingerprint density at radius 1 is 1.46 bits per heavy atom. The highest BCUT2D eigenvalue weighted by Crippen LogP contribution is 2.13. The number of nitrogens with two attached hydrogens (primary N) is 2. The fraction of sp³-hybridized carbons (Fsp3) is 0.312. The molecule has 0 saturated heterocycles. The van der Waals surface area contributed by atoms with E-state index >= 15 is 0 Å². The van der Waals surface area contributed by atoms with Crippen molar-refractivity contribution in [1.29, 1.82) is 5.26 Å². The van der Waals surface area contributed by atoms with Gasteiger partial charge in [-0.3, -0.25) is 19.9 Å². The summed E-state index contributed by atoms with van der Waals surface area (Å²) >= 11 is 0. The SMILES string of the molecule is CCOC(=O)CN(Cc1cccc(C#N)c1)/C(=N/C)C(=C(N)N)[N+](=O)[O-]. The maximum absolute atomic E-state index is 11.9. The van der Waals surface area contributed by atoms with Crippen molar-refractivity contribution in [3.63, 3.8) is 0 Å². The molecule has 4 N–H and O–H groups in total. The van der Waals surface area contributed by atoms with Crippen molar-refractivity contribution in [2.45, 2.75) is 13.5 Å². The summed E-state index contributed by atoms with van der Waals surface area (Å²) in [7, 11) is 1.33. The van der Waals surface area contributed by atoms with Crippen LogP contribution < -0.4 is 11.5 Å². The molecule has 1 aromatic rings. The minimum atomic E-state index is -0.762. The third-order valence-corrected chi connectivity index (χ3v) is 3.23. The normalized spacial score (nSPS) is 10.6. The van der Waals surface area contributed by atoms with Crippen LogP contribution in [-0.4, -0.2) is 41.8 Å². The average molecular weight is 360 g/mol. The molecule has 0 aliphatic rings. The monoisotopic (exact) mass is 360 g/mol. The Bertz CT molecular complexity index is 777. The van der Waals surface area contributed by atoms with E-state index in [2.05, 4.69) is 4.99 Å². The molecule has 0 spiro atoms. The highest BCUT2D eigenvalue weighted by molar-refractivity contribution is 5.98. The quantitative estimate of drug-likeness (QED) is 0.231. The van der Waals surface area contributed by atoms with E-state index in [1.54, 1.807) is 31.2 Å². The Morgan fingerprint density at radius 3 is 2.65 bits per heavy atom. The summed E-state index contributed by atoms with van der Waals surface area (Å²) in [4.78, 5) is 27.7. The second-order valence-electron chi connectivity index (χ2n) is 5.08. The van der Waals surface area contributed by atoms with Crippen molar-refractivity contribution < 1.29 is 14.5 Å². The number of carbonyl (C=O) groups excluding carboxylic acids is 1.